The van der Waals surface area contributed by atoms with Crippen molar-refractivity contribution in [2.75, 3.05) is 0 Å². The number of hydrogen-bond acceptors (Lipinski definition) is 6. The molecule has 0 fully saturated rings. The molecule has 140 valence electrons. The average molecular weight is 373 g/mol. The number of fused-ring (bicyclic) bond motifs is 1. The second kappa shape index (κ2) is 6.95. The van der Waals surface area contributed by atoms with Gasteiger partial charge < -0.3 is 14.6 Å². The maximum Gasteiger partial charge on any atom is 0.234 e. The second-order valence-electron chi connectivity index (χ2n) is 7.18. The number of benzene rings is 2. The number of aliphatic hydroxyl groups is 1. The molecule has 0 aliphatic carbocycles. The van der Waals surface area contributed by atoms with E-state index in [4.69, 9.17) is 9.47 Å². The van der Waals surface area contributed by atoms with Gasteiger partial charge in [-0.2, -0.15) is 5.26 Å². The summed E-state index contributed by atoms with van der Waals surface area (Å²) in [5, 5.41) is 28.4. The SMILES string of the molecule is CC1(C)Oc2ccc(C#N)cc2[C@@H](Oc2ccc(-c3ccccc3)nn2)[C@@H]1O. The molecule has 28 heavy (non-hydrogen) atoms. The molecule has 2 aromatic carbocycles. The summed E-state index contributed by atoms with van der Waals surface area (Å²) in [6, 6.07) is 20.4. The molecule has 0 radical (unpaired) electrons. The van der Waals surface area contributed by atoms with E-state index < -0.39 is 17.8 Å². The van der Waals surface area contributed by atoms with E-state index in [9.17, 15) is 10.4 Å². The van der Waals surface area contributed by atoms with Crippen LogP contribution in [0.3, 0.4) is 0 Å². The predicted molar refractivity (Wildman–Crippen MR) is 103 cm³/mol. The highest BCUT2D eigenvalue weighted by atomic mass is 16.5. The smallest absolute Gasteiger partial charge is 0.234 e. The zero-order valence-corrected chi connectivity index (χ0v) is 15.5. The predicted octanol–water partition coefficient (Wildman–Crippen LogP) is 3.67. The third-order valence-corrected chi connectivity index (χ3v) is 4.77. The van der Waals surface area contributed by atoms with Crippen molar-refractivity contribution in [2.45, 2.75) is 31.7 Å². The summed E-state index contributed by atoms with van der Waals surface area (Å²) >= 11 is 0. The van der Waals surface area contributed by atoms with Crippen molar-refractivity contribution in [2.24, 2.45) is 0 Å². The van der Waals surface area contributed by atoms with E-state index in [1.54, 1.807) is 38.1 Å². The molecular formula is C22H19N3O3. The zero-order chi connectivity index (χ0) is 19.7. The van der Waals surface area contributed by atoms with Crippen molar-refractivity contribution in [3.05, 3.63) is 71.8 Å². The van der Waals surface area contributed by atoms with Crippen LogP contribution in [-0.2, 0) is 0 Å². The van der Waals surface area contributed by atoms with E-state index in [1.807, 2.05) is 36.4 Å². The molecule has 1 aliphatic rings. The summed E-state index contributed by atoms with van der Waals surface area (Å²) in [6.45, 7) is 3.58. The number of nitriles is 1. The molecule has 0 unspecified atom stereocenters. The third-order valence-electron chi connectivity index (χ3n) is 4.77. The van der Waals surface area contributed by atoms with Crippen molar-refractivity contribution in [1.29, 1.82) is 5.26 Å². The highest BCUT2D eigenvalue weighted by molar-refractivity contribution is 5.58. The standard InChI is InChI=1S/C22H19N3O3/c1-22(2)21(26)20(16-12-14(13-23)8-10-18(16)28-22)27-19-11-9-17(24-25-19)15-6-4-3-5-7-15/h3-12,20-21,26H,1-2H3/t20-,21+/m1/s1. The maximum atomic E-state index is 10.8. The molecule has 0 saturated carbocycles. The van der Waals surface area contributed by atoms with E-state index in [0.717, 1.165) is 11.3 Å². The largest absolute Gasteiger partial charge is 0.485 e. The molecule has 1 aromatic heterocycles. The van der Waals surface area contributed by atoms with Crippen LogP contribution in [0.2, 0.25) is 0 Å². The Morgan fingerprint density at radius 3 is 2.54 bits per heavy atom. The van der Waals surface area contributed by atoms with E-state index in [1.165, 1.54) is 0 Å². The van der Waals surface area contributed by atoms with Gasteiger partial charge in [0.2, 0.25) is 5.88 Å². The minimum atomic E-state index is -0.954. The van der Waals surface area contributed by atoms with Gasteiger partial charge in [0, 0.05) is 17.2 Å². The summed E-state index contributed by atoms with van der Waals surface area (Å²) in [6.07, 6.45) is -1.69. The van der Waals surface area contributed by atoms with Gasteiger partial charge in [-0.05, 0) is 38.1 Å². The Kier molecular flexibility index (Phi) is 4.46. The average Bonchev–Trinajstić information content (AvgIpc) is 2.72. The van der Waals surface area contributed by atoms with Gasteiger partial charge >= 0.3 is 0 Å². The third kappa shape index (κ3) is 3.28. The minimum Gasteiger partial charge on any atom is -0.485 e. The van der Waals surface area contributed by atoms with E-state index >= 15 is 0 Å². The van der Waals surface area contributed by atoms with Crippen LogP contribution in [-0.4, -0.2) is 27.0 Å². The van der Waals surface area contributed by atoms with Gasteiger partial charge in [0.05, 0.1) is 17.3 Å². The lowest BCUT2D eigenvalue weighted by Gasteiger charge is -2.41. The normalized spacial score (nSPS) is 19.8. The van der Waals surface area contributed by atoms with E-state index in [-0.39, 0.29) is 5.88 Å². The first kappa shape index (κ1) is 18.0. The number of nitrogens with zero attached hydrogens (tertiary/aromatic N) is 3. The fraction of sp³-hybridized carbons (Fsp3) is 0.227. The first-order valence-corrected chi connectivity index (χ1v) is 8.95. The maximum absolute atomic E-state index is 10.8. The molecule has 4 rings (SSSR count). The van der Waals surface area contributed by atoms with Crippen LogP contribution < -0.4 is 9.47 Å². The molecular weight excluding hydrogens is 354 g/mol. The lowest BCUT2D eigenvalue weighted by molar-refractivity contribution is -0.104. The van der Waals surface area contributed by atoms with Crippen molar-refractivity contribution >= 4 is 0 Å². The fourth-order valence-corrected chi connectivity index (χ4v) is 3.22. The second-order valence-corrected chi connectivity index (χ2v) is 7.18. The Labute approximate surface area is 163 Å². The van der Waals surface area contributed by atoms with Crippen LogP contribution in [0.5, 0.6) is 11.6 Å². The monoisotopic (exact) mass is 373 g/mol. The van der Waals surface area contributed by atoms with E-state index in [0.29, 0.717) is 16.9 Å². The molecule has 1 N–H and O–H groups in total. The molecule has 6 nitrogen and oxygen atoms in total. The Hall–Kier alpha value is -3.43. The molecule has 0 saturated heterocycles. The van der Waals surface area contributed by atoms with Crippen molar-refractivity contribution in [3.63, 3.8) is 0 Å². The first-order chi connectivity index (χ1) is 13.5. The van der Waals surface area contributed by atoms with Crippen LogP contribution in [0, 0.1) is 11.3 Å². The van der Waals surface area contributed by atoms with Gasteiger partial charge in [0.15, 0.2) is 6.10 Å². The highest BCUT2D eigenvalue weighted by Gasteiger charge is 2.44. The minimum absolute atomic E-state index is 0.287. The number of rotatable bonds is 3. The number of hydrogen-bond donors (Lipinski definition) is 1. The first-order valence-electron chi connectivity index (χ1n) is 8.95. The number of aliphatic hydroxyl groups excluding tert-OH is 1. The summed E-state index contributed by atoms with van der Waals surface area (Å²) in [7, 11) is 0. The highest BCUT2D eigenvalue weighted by Crippen LogP contribution is 2.42. The van der Waals surface area contributed by atoms with Gasteiger partial charge in [-0.25, -0.2) is 0 Å². The molecule has 2 atom stereocenters. The lowest BCUT2D eigenvalue weighted by atomic mass is 9.88. The molecule has 6 heteroatoms. The van der Waals surface area contributed by atoms with Crippen LogP contribution in [0.25, 0.3) is 11.3 Å². The van der Waals surface area contributed by atoms with Crippen LogP contribution >= 0.6 is 0 Å². The zero-order valence-electron chi connectivity index (χ0n) is 15.5. The Bertz CT molecular complexity index is 1030. The lowest BCUT2D eigenvalue weighted by Crippen LogP contribution is -2.50. The number of aromatic nitrogens is 2. The summed E-state index contributed by atoms with van der Waals surface area (Å²) < 4.78 is 11.9. The topological polar surface area (TPSA) is 88.3 Å². The quantitative estimate of drug-likeness (QED) is 0.754. The number of ether oxygens (including phenoxy) is 2. The van der Waals surface area contributed by atoms with Crippen molar-refractivity contribution < 1.29 is 14.6 Å². The summed E-state index contributed by atoms with van der Waals surface area (Å²) in [5.41, 5.74) is 1.91. The summed E-state index contributed by atoms with van der Waals surface area (Å²) in [5.74, 6) is 0.864. The van der Waals surface area contributed by atoms with Crippen LogP contribution in [0.4, 0.5) is 0 Å². The van der Waals surface area contributed by atoms with Gasteiger partial charge in [0.1, 0.15) is 17.5 Å². The van der Waals surface area contributed by atoms with E-state index in [2.05, 4.69) is 16.3 Å². The van der Waals surface area contributed by atoms with Crippen LogP contribution in [0.15, 0.2) is 60.7 Å². The Morgan fingerprint density at radius 1 is 1.07 bits per heavy atom. The van der Waals surface area contributed by atoms with Gasteiger partial charge in [-0.3, -0.25) is 0 Å². The Balaban J connectivity index is 1.66. The summed E-state index contributed by atoms with van der Waals surface area (Å²) in [4.78, 5) is 0. The molecule has 0 amide bonds. The fourth-order valence-electron chi connectivity index (χ4n) is 3.22. The molecule has 2 heterocycles. The molecule has 0 bridgehead atoms. The van der Waals surface area contributed by atoms with Gasteiger partial charge in [-0.15, -0.1) is 10.2 Å². The molecule has 3 aromatic rings. The van der Waals surface area contributed by atoms with Gasteiger partial charge in [0.25, 0.3) is 0 Å². The molecule has 0 spiro atoms. The molecule has 1 aliphatic heterocycles. The Morgan fingerprint density at radius 2 is 1.86 bits per heavy atom. The van der Waals surface area contributed by atoms with Crippen LogP contribution in [0.1, 0.15) is 31.1 Å². The van der Waals surface area contributed by atoms with Crippen molar-refractivity contribution in [3.8, 4) is 29.0 Å². The van der Waals surface area contributed by atoms with Crippen molar-refractivity contribution in [1.82, 2.24) is 10.2 Å². The van der Waals surface area contributed by atoms with Gasteiger partial charge in [-0.1, -0.05) is 30.3 Å².